The fraction of sp³-hybridized carbons (Fsp3) is 1.00. The molecule has 0 aromatic rings. The molecule has 6 heteroatoms. The first-order valence-corrected chi connectivity index (χ1v) is 7.89. The fourth-order valence-corrected chi connectivity index (χ4v) is 2.65. The molecule has 0 aromatic heterocycles. The second kappa shape index (κ2) is 11.3. The zero-order valence-corrected chi connectivity index (χ0v) is 12.5. The van der Waals surface area contributed by atoms with Gasteiger partial charge in [-0.3, -0.25) is 0 Å². The summed E-state index contributed by atoms with van der Waals surface area (Å²) >= 11 is 8.40. The maximum atomic E-state index is 5.78. The van der Waals surface area contributed by atoms with Crippen LogP contribution in [-0.2, 0) is 13.3 Å². The SMILES string of the molecule is CO[SiH](OC)OC(CCCS)CCCS. The van der Waals surface area contributed by atoms with Crippen molar-refractivity contribution in [3.63, 3.8) is 0 Å². The van der Waals surface area contributed by atoms with Gasteiger partial charge in [0.25, 0.3) is 0 Å². The van der Waals surface area contributed by atoms with Gasteiger partial charge >= 0.3 is 9.53 Å². The molecule has 0 radical (unpaired) electrons. The van der Waals surface area contributed by atoms with Crippen LogP contribution in [-0.4, -0.2) is 41.4 Å². The monoisotopic (exact) mass is 270 g/mol. The van der Waals surface area contributed by atoms with Gasteiger partial charge in [0, 0.05) is 20.3 Å². The van der Waals surface area contributed by atoms with Crippen molar-refractivity contribution in [1.82, 2.24) is 0 Å². The summed E-state index contributed by atoms with van der Waals surface area (Å²) in [6, 6.07) is 0. The van der Waals surface area contributed by atoms with E-state index in [1.165, 1.54) is 0 Å². The van der Waals surface area contributed by atoms with E-state index in [4.69, 9.17) is 13.3 Å². The van der Waals surface area contributed by atoms with Crippen molar-refractivity contribution in [2.75, 3.05) is 25.7 Å². The topological polar surface area (TPSA) is 27.7 Å². The standard InChI is InChI=1S/C9H22O3S2Si/c1-10-15(11-2)12-9(5-3-7-13)6-4-8-14/h9,13-15H,3-8H2,1-2H3. The minimum absolute atomic E-state index is 0.237. The van der Waals surface area contributed by atoms with Crippen LogP contribution in [0.1, 0.15) is 25.7 Å². The molecule has 0 heterocycles. The summed E-state index contributed by atoms with van der Waals surface area (Å²) < 4.78 is 16.1. The fourth-order valence-electron chi connectivity index (χ4n) is 1.28. The van der Waals surface area contributed by atoms with Gasteiger partial charge in [-0.2, -0.15) is 25.3 Å². The van der Waals surface area contributed by atoms with Crippen molar-refractivity contribution in [3.05, 3.63) is 0 Å². The quantitative estimate of drug-likeness (QED) is 0.468. The molecule has 0 atom stereocenters. The highest BCUT2D eigenvalue weighted by Gasteiger charge is 2.18. The summed E-state index contributed by atoms with van der Waals surface area (Å²) in [6.07, 6.45) is 4.41. The van der Waals surface area contributed by atoms with Crippen LogP contribution in [0.3, 0.4) is 0 Å². The molecule has 0 amide bonds. The van der Waals surface area contributed by atoms with Gasteiger partial charge in [-0.05, 0) is 37.2 Å². The van der Waals surface area contributed by atoms with Crippen LogP contribution in [0.5, 0.6) is 0 Å². The first-order valence-electron chi connectivity index (χ1n) is 5.21. The van der Waals surface area contributed by atoms with Crippen LogP contribution >= 0.6 is 25.3 Å². The van der Waals surface area contributed by atoms with E-state index in [-0.39, 0.29) is 6.10 Å². The van der Waals surface area contributed by atoms with Gasteiger partial charge in [0.2, 0.25) is 0 Å². The predicted molar refractivity (Wildman–Crippen MR) is 72.2 cm³/mol. The second-order valence-electron chi connectivity index (χ2n) is 3.25. The van der Waals surface area contributed by atoms with Gasteiger partial charge in [-0.1, -0.05) is 0 Å². The van der Waals surface area contributed by atoms with Gasteiger partial charge in [-0.25, -0.2) is 0 Å². The normalized spacial score (nSPS) is 11.6. The Morgan fingerprint density at radius 3 is 1.80 bits per heavy atom. The molecule has 0 aliphatic carbocycles. The molecule has 0 saturated heterocycles. The van der Waals surface area contributed by atoms with Gasteiger partial charge in [0.15, 0.2) is 0 Å². The van der Waals surface area contributed by atoms with E-state index in [0.717, 1.165) is 37.2 Å². The number of hydrogen-bond acceptors (Lipinski definition) is 5. The van der Waals surface area contributed by atoms with Crippen LogP contribution in [0.4, 0.5) is 0 Å². The largest absolute Gasteiger partial charge is 0.483 e. The van der Waals surface area contributed by atoms with E-state index in [2.05, 4.69) is 25.3 Å². The van der Waals surface area contributed by atoms with Crippen molar-refractivity contribution < 1.29 is 13.3 Å². The molecule has 0 unspecified atom stereocenters. The van der Waals surface area contributed by atoms with E-state index in [9.17, 15) is 0 Å². The molecule has 0 fully saturated rings. The van der Waals surface area contributed by atoms with E-state index in [0.29, 0.717) is 0 Å². The zero-order valence-electron chi connectivity index (χ0n) is 9.52. The predicted octanol–water partition coefficient (Wildman–Crippen LogP) is 1.80. The van der Waals surface area contributed by atoms with Crippen LogP contribution in [0.2, 0.25) is 0 Å². The van der Waals surface area contributed by atoms with Gasteiger partial charge in [-0.15, -0.1) is 0 Å². The molecule has 0 aliphatic heterocycles. The van der Waals surface area contributed by atoms with Crippen molar-refractivity contribution in [2.24, 2.45) is 0 Å². The summed E-state index contributed by atoms with van der Waals surface area (Å²) in [5.74, 6) is 1.79. The molecule has 0 bridgehead atoms. The third kappa shape index (κ3) is 8.59. The van der Waals surface area contributed by atoms with Crippen molar-refractivity contribution in [1.29, 1.82) is 0 Å². The Hall–Kier alpha value is 0.797. The summed E-state index contributed by atoms with van der Waals surface area (Å²) in [6.45, 7) is 0. The highest BCUT2D eigenvalue weighted by molar-refractivity contribution is 7.80. The molecule has 0 rings (SSSR count). The Kier molecular flexibility index (Phi) is 11.9. The molecule has 0 N–H and O–H groups in total. The summed E-state index contributed by atoms with van der Waals surface area (Å²) in [5.41, 5.74) is 0. The lowest BCUT2D eigenvalue weighted by Gasteiger charge is -2.21. The minimum Gasteiger partial charge on any atom is -0.379 e. The molecule has 0 saturated carbocycles. The molecular weight excluding hydrogens is 248 g/mol. The second-order valence-corrected chi connectivity index (χ2v) is 5.94. The zero-order chi connectivity index (χ0) is 11.5. The summed E-state index contributed by atoms with van der Waals surface area (Å²) in [4.78, 5) is 0. The summed E-state index contributed by atoms with van der Waals surface area (Å²) in [7, 11) is 1.38. The molecule has 92 valence electrons. The number of thiol groups is 2. The average Bonchev–Trinajstić information content (AvgIpc) is 2.28. The Bertz CT molecular complexity index is 129. The molecule has 3 nitrogen and oxygen atoms in total. The molecular formula is C9H22O3S2Si. The van der Waals surface area contributed by atoms with Crippen LogP contribution < -0.4 is 0 Å². The highest BCUT2D eigenvalue weighted by Crippen LogP contribution is 2.12. The third-order valence-electron chi connectivity index (χ3n) is 2.06. The Morgan fingerprint density at radius 1 is 1.00 bits per heavy atom. The Morgan fingerprint density at radius 2 is 1.47 bits per heavy atom. The van der Waals surface area contributed by atoms with Gasteiger partial charge < -0.3 is 13.3 Å². The lowest BCUT2D eigenvalue weighted by molar-refractivity contribution is 0.0762. The van der Waals surface area contributed by atoms with Gasteiger partial charge in [0.05, 0.1) is 0 Å². The average molecular weight is 270 g/mol. The first kappa shape index (κ1) is 15.8. The highest BCUT2D eigenvalue weighted by atomic mass is 32.1. The van der Waals surface area contributed by atoms with E-state index in [1.807, 2.05) is 0 Å². The van der Waals surface area contributed by atoms with Crippen LogP contribution in [0, 0.1) is 0 Å². The first-order chi connectivity index (χ1) is 7.28. The lowest BCUT2D eigenvalue weighted by Crippen LogP contribution is -2.30. The summed E-state index contributed by atoms with van der Waals surface area (Å²) in [5, 5.41) is 0. The van der Waals surface area contributed by atoms with Crippen molar-refractivity contribution in [3.8, 4) is 0 Å². The number of rotatable bonds is 10. The molecule has 0 spiro atoms. The minimum atomic E-state index is -1.89. The number of hydrogen-bond donors (Lipinski definition) is 2. The lowest BCUT2D eigenvalue weighted by atomic mass is 10.1. The van der Waals surface area contributed by atoms with E-state index in [1.54, 1.807) is 14.2 Å². The molecule has 0 aromatic carbocycles. The molecule has 15 heavy (non-hydrogen) atoms. The maximum Gasteiger partial charge on any atom is 0.483 e. The van der Waals surface area contributed by atoms with Gasteiger partial charge in [0.1, 0.15) is 0 Å². The van der Waals surface area contributed by atoms with Crippen LogP contribution in [0.15, 0.2) is 0 Å². The molecule has 0 aliphatic rings. The van der Waals surface area contributed by atoms with Crippen molar-refractivity contribution >= 4 is 34.8 Å². The smallest absolute Gasteiger partial charge is 0.379 e. The van der Waals surface area contributed by atoms with E-state index < -0.39 is 9.53 Å². The van der Waals surface area contributed by atoms with Crippen molar-refractivity contribution in [2.45, 2.75) is 31.8 Å². The Balaban J connectivity index is 3.86. The maximum absolute atomic E-state index is 5.78. The third-order valence-corrected chi connectivity index (χ3v) is 4.07. The Labute approximate surface area is 106 Å². The van der Waals surface area contributed by atoms with E-state index >= 15 is 0 Å². The van der Waals surface area contributed by atoms with Crippen LogP contribution in [0.25, 0.3) is 0 Å².